The van der Waals surface area contributed by atoms with Gasteiger partial charge in [-0.3, -0.25) is 0 Å². The largest absolute Gasteiger partial charge is 0.490 e. The second-order valence-corrected chi connectivity index (χ2v) is 9.43. The zero-order valence-electron chi connectivity index (χ0n) is 16.4. The molecule has 0 spiro atoms. The first-order valence-corrected chi connectivity index (χ1v) is 10.7. The Morgan fingerprint density at radius 1 is 0.931 bits per heavy atom. The van der Waals surface area contributed by atoms with Crippen molar-refractivity contribution in [1.82, 2.24) is 0 Å². The lowest BCUT2D eigenvalue weighted by molar-refractivity contribution is -0.415. The first kappa shape index (κ1) is 24.1. The molecule has 1 fully saturated rings. The summed E-state index contributed by atoms with van der Waals surface area (Å²) in [7, 11) is 1.07. The molecule has 0 amide bonds. The third-order valence-corrected chi connectivity index (χ3v) is 7.14. The van der Waals surface area contributed by atoms with Gasteiger partial charge in [-0.25, -0.2) is 0 Å². The van der Waals surface area contributed by atoms with E-state index in [1.807, 2.05) is 0 Å². The fourth-order valence-electron chi connectivity index (χ4n) is 2.95. The van der Waals surface area contributed by atoms with Gasteiger partial charge in [-0.2, -0.15) is 26.3 Å². The maximum absolute atomic E-state index is 13.6. The van der Waals surface area contributed by atoms with Crippen LogP contribution in [0.5, 0.6) is 5.75 Å². The van der Waals surface area contributed by atoms with Gasteiger partial charge in [0.05, 0.1) is 0 Å². The topological polar surface area (TPSA) is 27.7 Å². The Morgan fingerprint density at radius 3 is 1.86 bits per heavy atom. The molecule has 0 N–H and O–H groups in total. The highest BCUT2D eigenvalue weighted by Crippen LogP contribution is 2.47. The quantitative estimate of drug-likeness (QED) is 0.306. The second kappa shape index (κ2) is 9.34. The molecular weight excluding hydrogens is 422 g/mol. The Labute approximate surface area is 169 Å². The predicted octanol–water partition coefficient (Wildman–Crippen LogP) is 5.34. The minimum atomic E-state index is -5.76. The number of hydrogen-bond donors (Lipinski definition) is 0. The van der Waals surface area contributed by atoms with Crippen LogP contribution in [0.3, 0.4) is 0 Å². The van der Waals surface area contributed by atoms with Gasteiger partial charge in [-0.15, -0.1) is 0 Å². The molecule has 1 aromatic rings. The van der Waals surface area contributed by atoms with Gasteiger partial charge >= 0.3 is 12.4 Å². The summed E-state index contributed by atoms with van der Waals surface area (Å²) in [6, 6.07) is 6.18. The molecule has 1 aliphatic heterocycles. The van der Waals surface area contributed by atoms with Crippen LogP contribution in [0.25, 0.3) is 0 Å². The number of halogens is 6. The van der Waals surface area contributed by atoms with E-state index < -0.39 is 36.8 Å². The predicted molar refractivity (Wildman–Crippen MR) is 98.1 cm³/mol. The van der Waals surface area contributed by atoms with E-state index in [-0.39, 0.29) is 16.6 Å². The average Bonchev–Trinajstić information content (AvgIpc) is 3.14. The monoisotopic (exact) mass is 447 g/mol. The standard InChI is InChI=1S/C19H25F6O3S/c1-13(2)16(26-3)28-17(18(20,21)22,19(23,24)25)12-27-14-6-8-15(9-7-14)29-10-4-5-11-29/h6-9,13,16H,4-5,10-12H2,1-3H3/q+1. The lowest BCUT2D eigenvalue weighted by atomic mass is 10.0. The fourth-order valence-corrected chi connectivity index (χ4v) is 5.25. The fraction of sp³-hybridized carbons (Fsp3) is 0.684. The molecular formula is C19H25F6O3S+. The summed E-state index contributed by atoms with van der Waals surface area (Å²) < 4.78 is 95.9. The molecule has 29 heavy (non-hydrogen) atoms. The first-order chi connectivity index (χ1) is 13.4. The van der Waals surface area contributed by atoms with Crippen molar-refractivity contribution >= 4 is 10.9 Å². The Bertz CT molecular complexity index is 625. The van der Waals surface area contributed by atoms with Crippen LogP contribution in [0.4, 0.5) is 26.3 Å². The summed E-state index contributed by atoms with van der Waals surface area (Å²) in [5, 5.41) is 0. The molecule has 1 aromatic carbocycles. The van der Waals surface area contributed by atoms with Gasteiger partial charge in [-0.05, 0) is 37.1 Å². The molecule has 1 saturated heterocycles. The van der Waals surface area contributed by atoms with Crippen molar-refractivity contribution in [3.05, 3.63) is 24.3 Å². The first-order valence-electron chi connectivity index (χ1n) is 9.15. The van der Waals surface area contributed by atoms with Crippen LogP contribution >= 0.6 is 0 Å². The van der Waals surface area contributed by atoms with Crippen LogP contribution in [0.1, 0.15) is 26.7 Å². The van der Waals surface area contributed by atoms with Crippen molar-refractivity contribution in [2.24, 2.45) is 5.92 Å². The Hall–Kier alpha value is -1.13. The number of methoxy groups -OCH3 is 1. The molecule has 0 aromatic heterocycles. The van der Waals surface area contributed by atoms with Crippen LogP contribution in [0.2, 0.25) is 0 Å². The van der Waals surface area contributed by atoms with Gasteiger partial charge in [0.25, 0.3) is 5.60 Å². The molecule has 166 valence electrons. The van der Waals surface area contributed by atoms with Crippen LogP contribution < -0.4 is 4.74 Å². The smallest absolute Gasteiger partial charge is 0.430 e. The molecule has 1 unspecified atom stereocenters. The van der Waals surface area contributed by atoms with Crippen molar-refractivity contribution in [2.75, 3.05) is 25.2 Å². The van der Waals surface area contributed by atoms with E-state index >= 15 is 0 Å². The normalized spacial score (nSPS) is 17.7. The van der Waals surface area contributed by atoms with E-state index in [0.717, 1.165) is 36.4 Å². The Balaban J connectivity index is 2.24. The average molecular weight is 447 g/mol. The van der Waals surface area contributed by atoms with E-state index in [1.165, 1.54) is 26.0 Å². The highest BCUT2D eigenvalue weighted by Gasteiger charge is 2.74. The summed E-state index contributed by atoms with van der Waals surface area (Å²) in [4.78, 5) is 1.03. The van der Waals surface area contributed by atoms with Crippen molar-refractivity contribution in [2.45, 2.75) is 55.8 Å². The third kappa shape index (κ3) is 5.52. The summed E-state index contributed by atoms with van der Waals surface area (Å²) in [6.45, 7) is 1.03. The highest BCUT2D eigenvalue weighted by atomic mass is 32.2. The summed E-state index contributed by atoms with van der Waals surface area (Å²) in [5.74, 6) is 1.27. The van der Waals surface area contributed by atoms with Crippen molar-refractivity contribution < 1.29 is 40.6 Å². The van der Waals surface area contributed by atoms with E-state index in [0.29, 0.717) is 0 Å². The lowest BCUT2D eigenvalue weighted by Gasteiger charge is -2.39. The molecule has 0 radical (unpaired) electrons. The molecule has 1 atom stereocenters. The third-order valence-electron chi connectivity index (χ3n) is 4.64. The Kier molecular flexibility index (Phi) is 7.78. The van der Waals surface area contributed by atoms with Crippen molar-refractivity contribution in [3.63, 3.8) is 0 Å². The molecule has 2 rings (SSSR count). The second-order valence-electron chi connectivity index (χ2n) is 7.16. The van der Waals surface area contributed by atoms with Gasteiger partial charge in [0.15, 0.2) is 11.2 Å². The minimum absolute atomic E-state index is 0.0807. The summed E-state index contributed by atoms with van der Waals surface area (Å²) in [6.07, 6.45) is -11.0. The highest BCUT2D eigenvalue weighted by molar-refractivity contribution is 7.97. The van der Waals surface area contributed by atoms with E-state index in [2.05, 4.69) is 4.74 Å². The minimum Gasteiger partial charge on any atom is -0.490 e. The molecule has 1 aliphatic rings. The van der Waals surface area contributed by atoms with Gasteiger partial charge in [0.2, 0.25) is 0 Å². The maximum Gasteiger partial charge on any atom is 0.430 e. The molecule has 3 nitrogen and oxygen atoms in total. The molecule has 0 saturated carbocycles. The van der Waals surface area contributed by atoms with Crippen LogP contribution in [-0.2, 0) is 20.4 Å². The zero-order chi connectivity index (χ0) is 21.9. The Morgan fingerprint density at radius 2 is 1.45 bits per heavy atom. The van der Waals surface area contributed by atoms with Gasteiger partial charge in [-0.1, -0.05) is 13.8 Å². The molecule has 10 heteroatoms. The van der Waals surface area contributed by atoms with Crippen LogP contribution in [0, 0.1) is 5.92 Å². The molecule has 0 bridgehead atoms. The lowest BCUT2D eigenvalue weighted by Crippen LogP contribution is -2.64. The maximum atomic E-state index is 13.6. The number of ether oxygens (including phenoxy) is 3. The number of benzene rings is 1. The van der Waals surface area contributed by atoms with Crippen molar-refractivity contribution in [3.8, 4) is 5.75 Å². The van der Waals surface area contributed by atoms with E-state index in [4.69, 9.17) is 9.47 Å². The zero-order valence-corrected chi connectivity index (χ0v) is 17.2. The van der Waals surface area contributed by atoms with Crippen LogP contribution in [-0.4, -0.2) is 49.5 Å². The summed E-state index contributed by atoms with van der Waals surface area (Å²) >= 11 is 0. The number of alkyl halides is 6. The van der Waals surface area contributed by atoms with Gasteiger partial charge in [0.1, 0.15) is 23.9 Å². The SMILES string of the molecule is COC(OC(COc1ccc([S+]2CCCC2)cc1)(C(F)(F)F)C(F)(F)F)C(C)C. The van der Waals surface area contributed by atoms with Crippen LogP contribution in [0.15, 0.2) is 29.2 Å². The van der Waals surface area contributed by atoms with Gasteiger partial charge < -0.3 is 14.2 Å². The summed E-state index contributed by atoms with van der Waals surface area (Å²) in [5.41, 5.74) is -4.52. The van der Waals surface area contributed by atoms with Crippen molar-refractivity contribution in [1.29, 1.82) is 0 Å². The number of rotatable bonds is 8. The van der Waals surface area contributed by atoms with E-state index in [1.54, 1.807) is 12.1 Å². The molecule has 0 aliphatic carbocycles. The number of hydrogen-bond acceptors (Lipinski definition) is 3. The van der Waals surface area contributed by atoms with Gasteiger partial charge in [0, 0.05) is 23.9 Å². The van der Waals surface area contributed by atoms with E-state index in [9.17, 15) is 26.3 Å². The molecule has 1 heterocycles.